The fraction of sp³-hybridized carbons (Fsp3) is 0.600. The van der Waals surface area contributed by atoms with Crippen molar-refractivity contribution in [3.8, 4) is 0 Å². The normalized spacial score (nSPS) is 15.4. The van der Waals surface area contributed by atoms with Crippen LogP contribution in [0, 0.1) is 5.92 Å². The Kier molecular flexibility index (Phi) is 6.09. The maximum absolute atomic E-state index is 12.6. The Labute approximate surface area is 151 Å². The van der Waals surface area contributed by atoms with Gasteiger partial charge in [-0.2, -0.15) is 0 Å². The van der Waals surface area contributed by atoms with Crippen molar-refractivity contribution >= 4 is 11.9 Å². The van der Waals surface area contributed by atoms with Gasteiger partial charge in [0.1, 0.15) is 0 Å². The molecule has 1 N–H and O–H groups in total. The van der Waals surface area contributed by atoms with E-state index in [1.807, 2.05) is 49.9 Å². The Morgan fingerprint density at radius 1 is 1.00 bits per heavy atom. The molecule has 1 saturated heterocycles. The van der Waals surface area contributed by atoms with E-state index in [0.29, 0.717) is 32.1 Å². The third kappa shape index (κ3) is 5.76. The highest BCUT2D eigenvalue weighted by Crippen LogP contribution is 2.13. The second kappa shape index (κ2) is 7.89. The monoisotopic (exact) mass is 345 g/mol. The molecule has 2 rings (SSSR count). The number of nitrogens with zero attached hydrogens (tertiary/aromatic N) is 2. The van der Waals surface area contributed by atoms with E-state index in [4.69, 9.17) is 0 Å². The molecule has 0 bridgehead atoms. The summed E-state index contributed by atoms with van der Waals surface area (Å²) in [6.07, 6.45) is 1.02. The van der Waals surface area contributed by atoms with Crippen molar-refractivity contribution in [2.45, 2.75) is 46.6 Å². The van der Waals surface area contributed by atoms with Crippen molar-refractivity contribution < 1.29 is 9.59 Å². The van der Waals surface area contributed by atoms with E-state index in [1.165, 1.54) is 5.56 Å². The molecule has 0 atom stereocenters. The molecule has 0 spiro atoms. The van der Waals surface area contributed by atoms with Crippen molar-refractivity contribution in [1.82, 2.24) is 15.1 Å². The number of amides is 3. The molecule has 138 valence electrons. The Morgan fingerprint density at radius 2 is 1.52 bits per heavy atom. The molecule has 0 unspecified atom stereocenters. The van der Waals surface area contributed by atoms with Gasteiger partial charge in [-0.1, -0.05) is 26.0 Å². The van der Waals surface area contributed by atoms with Crippen molar-refractivity contribution in [2.75, 3.05) is 26.2 Å². The molecule has 5 heteroatoms. The Bertz CT molecular complexity index is 594. The summed E-state index contributed by atoms with van der Waals surface area (Å²) >= 11 is 0. The number of nitrogens with one attached hydrogen (secondary N) is 1. The zero-order valence-corrected chi connectivity index (χ0v) is 16.1. The second-order valence-corrected chi connectivity index (χ2v) is 8.25. The highest BCUT2D eigenvalue weighted by Gasteiger charge is 2.26. The Hall–Kier alpha value is -2.04. The number of rotatable bonds is 3. The molecule has 5 nitrogen and oxygen atoms in total. The van der Waals surface area contributed by atoms with Crippen molar-refractivity contribution in [3.63, 3.8) is 0 Å². The number of hydrogen-bond donors (Lipinski definition) is 1. The molecule has 1 aromatic carbocycles. The summed E-state index contributed by atoms with van der Waals surface area (Å²) in [5.41, 5.74) is 1.73. The lowest BCUT2D eigenvalue weighted by molar-refractivity contribution is 0.0661. The molecule has 3 amide bonds. The molecule has 1 heterocycles. The maximum Gasteiger partial charge on any atom is 0.317 e. The first-order valence-electron chi connectivity index (χ1n) is 9.11. The van der Waals surface area contributed by atoms with Crippen LogP contribution < -0.4 is 5.32 Å². The van der Waals surface area contributed by atoms with Gasteiger partial charge in [-0.05, 0) is 50.8 Å². The summed E-state index contributed by atoms with van der Waals surface area (Å²) in [6, 6.07) is 7.86. The van der Waals surface area contributed by atoms with Gasteiger partial charge in [-0.15, -0.1) is 0 Å². The van der Waals surface area contributed by atoms with Crippen LogP contribution in [0.4, 0.5) is 4.79 Å². The molecule has 0 aromatic heterocycles. The fourth-order valence-electron chi connectivity index (χ4n) is 2.95. The van der Waals surface area contributed by atoms with E-state index < -0.39 is 0 Å². The number of piperazine rings is 1. The molecule has 1 fully saturated rings. The summed E-state index contributed by atoms with van der Waals surface area (Å²) in [6.45, 7) is 12.6. The standard InChI is InChI=1S/C20H31N3O2/c1-15(2)14-16-6-8-17(9-7-16)18(24)22-10-12-23(13-11-22)19(25)21-20(3,4)5/h6-9,15H,10-14H2,1-5H3,(H,21,25). The van der Waals surface area contributed by atoms with E-state index >= 15 is 0 Å². The smallest absolute Gasteiger partial charge is 0.317 e. The van der Waals surface area contributed by atoms with E-state index in [9.17, 15) is 9.59 Å². The Balaban J connectivity index is 1.89. The van der Waals surface area contributed by atoms with Crippen LogP contribution in [0.25, 0.3) is 0 Å². The van der Waals surface area contributed by atoms with Crippen LogP contribution in [0.15, 0.2) is 24.3 Å². The number of benzene rings is 1. The Morgan fingerprint density at radius 3 is 2.00 bits per heavy atom. The van der Waals surface area contributed by atoms with Crippen LogP contribution in [0.2, 0.25) is 0 Å². The minimum atomic E-state index is -0.248. The molecular weight excluding hydrogens is 314 g/mol. The molecule has 0 radical (unpaired) electrons. The zero-order chi connectivity index (χ0) is 18.6. The van der Waals surface area contributed by atoms with Crippen LogP contribution in [0.3, 0.4) is 0 Å². The minimum absolute atomic E-state index is 0.0481. The van der Waals surface area contributed by atoms with Gasteiger partial charge >= 0.3 is 6.03 Å². The van der Waals surface area contributed by atoms with E-state index in [-0.39, 0.29) is 17.5 Å². The summed E-state index contributed by atoms with van der Waals surface area (Å²) < 4.78 is 0. The predicted molar refractivity (Wildman–Crippen MR) is 101 cm³/mol. The largest absolute Gasteiger partial charge is 0.335 e. The number of carbonyl (C=O) groups excluding carboxylic acids is 2. The van der Waals surface area contributed by atoms with Crippen LogP contribution >= 0.6 is 0 Å². The van der Waals surface area contributed by atoms with E-state index in [2.05, 4.69) is 19.2 Å². The molecular formula is C20H31N3O2. The minimum Gasteiger partial charge on any atom is -0.335 e. The van der Waals surface area contributed by atoms with Crippen LogP contribution in [0.1, 0.15) is 50.5 Å². The third-order valence-electron chi connectivity index (χ3n) is 4.18. The van der Waals surface area contributed by atoms with Crippen molar-refractivity contribution in [3.05, 3.63) is 35.4 Å². The summed E-state index contributed by atoms with van der Waals surface area (Å²) in [5.74, 6) is 0.654. The average molecular weight is 345 g/mol. The second-order valence-electron chi connectivity index (χ2n) is 8.25. The van der Waals surface area contributed by atoms with Gasteiger partial charge in [0, 0.05) is 37.3 Å². The van der Waals surface area contributed by atoms with Crippen molar-refractivity contribution in [1.29, 1.82) is 0 Å². The van der Waals surface area contributed by atoms with Crippen molar-refractivity contribution in [2.24, 2.45) is 5.92 Å². The molecule has 0 saturated carbocycles. The van der Waals surface area contributed by atoms with Crippen LogP contribution in [0.5, 0.6) is 0 Å². The number of hydrogen-bond acceptors (Lipinski definition) is 2. The zero-order valence-electron chi connectivity index (χ0n) is 16.1. The van der Waals surface area contributed by atoms with Gasteiger partial charge in [-0.3, -0.25) is 4.79 Å². The van der Waals surface area contributed by atoms with E-state index in [1.54, 1.807) is 4.90 Å². The van der Waals surface area contributed by atoms with E-state index in [0.717, 1.165) is 12.0 Å². The topological polar surface area (TPSA) is 52.7 Å². The molecule has 0 aliphatic carbocycles. The van der Waals surface area contributed by atoms with Gasteiger partial charge in [-0.25, -0.2) is 4.79 Å². The maximum atomic E-state index is 12.6. The van der Waals surface area contributed by atoms with Crippen LogP contribution in [-0.4, -0.2) is 53.5 Å². The number of carbonyl (C=O) groups is 2. The lowest BCUT2D eigenvalue weighted by atomic mass is 10.0. The molecule has 1 aromatic rings. The predicted octanol–water partition coefficient (Wildman–Crippen LogP) is 3.15. The lowest BCUT2D eigenvalue weighted by Crippen LogP contribution is -2.56. The van der Waals surface area contributed by atoms with Gasteiger partial charge in [0.15, 0.2) is 0 Å². The number of urea groups is 1. The van der Waals surface area contributed by atoms with Gasteiger partial charge in [0.25, 0.3) is 5.91 Å². The SMILES string of the molecule is CC(C)Cc1ccc(C(=O)N2CCN(C(=O)NC(C)(C)C)CC2)cc1. The third-order valence-corrected chi connectivity index (χ3v) is 4.18. The van der Waals surface area contributed by atoms with Crippen LogP contribution in [-0.2, 0) is 6.42 Å². The molecule has 25 heavy (non-hydrogen) atoms. The van der Waals surface area contributed by atoms with Gasteiger partial charge in [0.2, 0.25) is 0 Å². The average Bonchev–Trinajstić information content (AvgIpc) is 2.53. The fourth-order valence-corrected chi connectivity index (χ4v) is 2.95. The van der Waals surface area contributed by atoms with Gasteiger partial charge < -0.3 is 15.1 Å². The highest BCUT2D eigenvalue weighted by atomic mass is 16.2. The lowest BCUT2D eigenvalue weighted by Gasteiger charge is -2.36. The summed E-state index contributed by atoms with van der Waals surface area (Å²) in [5, 5.41) is 2.97. The van der Waals surface area contributed by atoms with Gasteiger partial charge in [0.05, 0.1) is 0 Å². The molecule has 1 aliphatic rings. The first kappa shape index (κ1) is 19.3. The highest BCUT2D eigenvalue weighted by molar-refractivity contribution is 5.94. The summed E-state index contributed by atoms with van der Waals surface area (Å²) in [7, 11) is 0. The first-order valence-corrected chi connectivity index (χ1v) is 9.11. The molecule has 1 aliphatic heterocycles. The summed E-state index contributed by atoms with van der Waals surface area (Å²) in [4.78, 5) is 28.5. The first-order chi connectivity index (χ1) is 11.7. The quantitative estimate of drug-likeness (QED) is 0.915.